The fraction of sp³-hybridized carbons (Fsp3) is 0.580. The van der Waals surface area contributed by atoms with Gasteiger partial charge in [-0.05, 0) is 82.8 Å². The van der Waals surface area contributed by atoms with E-state index >= 15 is 0 Å². The van der Waals surface area contributed by atoms with E-state index in [1.54, 1.807) is 12.2 Å². The third kappa shape index (κ3) is 30.3. The number of phosphoric ester groups is 2. The van der Waals surface area contributed by atoms with Crippen LogP contribution in [0.1, 0.15) is 142 Å². The average Bonchev–Trinajstić information content (AvgIpc) is 3.60. The van der Waals surface area contributed by atoms with Gasteiger partial charge in [0, 0.05) is 25.5 Å². The van der Waals surface area contributed by atoms with Gasteiger partial charge in [0.15, 0.2) is 18.1 Å². The monoisotopic (exact) mass is 1040 g/mol. The van der Waals surface area contributed by atoms with Crippen LogP contribution >= 0.6 is 15.6 Å². The molecule has 2 unspecified atom stereocenters. The minimum absolute atomic E-state index is 0.0606. The number of aromatic nitrogens is 2. The summed E-state index contributed by atoms with van der Waals surface area (Å²) >= 11 is 0. The van der Waals surface area contributed by atoms with E-state index in [0.29, 0.717) is 38.5 Å². The van der Waals surface area contributed by atoms with Gasteiger partial charge < -0.3 is 39.9 Å². The van der Waals surface area contributed by atoms with Crippen molar-refractivity contribution in [2.24, 2.45) is 0 Å². The van der Waals surface area contributed by atoms with Crippen molar-refractivity contribution >= 4 is 39.2 Å². The molecule has 0 amide bonds. The van der Waals surface area contributed by atoms with Crippen LogP contribution in [-0.4, -0.2) is 91.5 Å². The van der Waals surface area contributed by atoms with Crippen molar-refractivity contribution in [3.8, 4) is 0 Å². The first-order valence-electron chi connectivity index (χ1n) is 24.6. The molecule has 6 N–H and O–H groups in total. The number of aliphatic hydroxyl groups is 2. The standard InChI is InChI=1S/C50H77N3O16P2/c1-3-5-7-8-9-10-11-12-13-14-17-20-23-26-30-34-45(55)64-38-42(67-46(56)35-31-27-24-21-18-15-16-19-22-25-29-33-41(54)32-28-6-4-2)39-65-70(60,61)69-71(62,63)66-40-43-47(57)48(58)49(68-43)53-37-36-44(51)52-50(53)59/h5,7,9-10,12-13,15-16,21-22,24-25,29,33,36-37,42-43,47-49,57-58H,3-4,6,8,11,14,17-20,23,26-28,30-32,34-35,38-40H2,1-2H3,(H,60,61)(H,62,63)(H2,51,52,59)/b7-5-,10-9-,13-12-,16-15-,24-21-,25-22-,33-29+/t42-,43-,47-,48-,49-/m1/s1. The summed E-state index contributed by atoms with van der Waals surface area (Å²) in [6.07, 6.45) is 35.2. The van der Waals surface area contributed by atoms with Crippen molar-refractivity contribution in [3.63, 3.8) is 0 Å². The first kappa shape index (κ1) is 62.7. The highest BCUT2D eigenvalue weighted by Crippen LogP contribution is 2.60. The van der Waals surface area contributed by atoms with Crippen LogP contribution in [0.3, 0.4) is 0 Å². The molecule has 21 heteroatoms. The van der Waals surface area contributed by atoms with Crippen LogP contribution in [0.15, 0.2) is 102 Å². The van der Waals surface area contributed by atoms with Gasteiger partial charge in [0.1, 0.15) is 30.7 Å². The number of nitrogen functional groups attached to an aromatic ring is 1. The van der Waals surface area contributed by atoms with Crippen LogP contribution in [-0.2, 0) is 51.1 Å². The zero-order chi connectivity index (χ0) is 52.2. The molecule has 0 aromatic carbocycles. The summed E-state index contributed by atoms with van der Waals surface area (Å²) in [7, 11) is -10.9. The summed E-state index contributed by atoms with van der Waals surface area (Å²) < 4.78 is 56.6. The number of unbranched alkanes of at least 4 members (excludes halogenated alkanes) is 8. The number of phosphoric acid groups is 2. The SMILES string of the molecule is CC/C=C\C/C=C\C/C=C\CCCCCCCC(=O)OC[C@H](COP(=O)(O)OP(=O)(O)OC[C@H]1O[C@@H](n2ccc(N)nc2=O)[C@H](O)[C@@H]1O)OC(=O)CCC/C=C\C/C=C\C/C=C\C=C\C(=O)CCCCC. The Labute approximate surface area is 418 Å². The Morgan fingerprint density at radius 1 is 0.732 bits per heavy atom. The van der Waals surface area contributed by atoms with Gasteiger partial charge >= 0.3 is 33.3 Å². The van der Waals surface area contributed by atoms with Crippen LogP contribution in [0, 0.1) is 0 Å². The number of nitrogens with zero attached hydrogens (tertiary/aromatic N) is 2. The Balaban J connectivity index is 1.86. The maximum absolute atomic E-state index is 12.8. The van der Waals surface area contributed by atoms with E-state index in [2.05, 4.69) is 59.6 Å². The summed E-state index contributed by atoms with van der Waals surface area (Å²) in [5.41, 5.74) is 4.57. The van der Waals surface area contributed by atoms with E-state index in [9.17, 15) is 48.3 Å². The second kappa shape index (κ2) is 37.4. The fourth-order valence-corrected chi connectivity index (χ4v) is 8.74. The number of ketones is 1. The number of ether oxygens (including phenoxy) is 3. The molecular formula is C50H77N3O16P2. The highest BCUT2D eigenvalue weighted by atomic mass is 31.3. The number of rotatable bonds is 39. The zero-order valence-electron chi connectivity index (χ0n) is 41.2. The Morgan fingerprint density at radius 2 is 1.32 bits per heavy atom. The van der Waals surface area contributed by atoms with Gasteiger partial charge in [0.2, 0.25) is 0 Å². The number of allylic oxidation sites excluding steroid dienone is 14. The van der Waals surface area contributed by atoms with Crippen molar-refractivity contribution in [2.45, 2.75) is 166 Å². The lowest BCUT2D eigenvalue weighted by Gasteiger charge is -2.21. The number of carbonyl (C=O) groups is 3. The molecule has 1 aliphatic rings. The second-order valence-electron chi connectivity index (χ2n) is 16.6. The van der Waals surface area contributed by atoms with E-state index in [1.165, 1.54) is 6.07 Å². The Kier molecular flexibility index (Phi) is 33.0. The lowest BCUT2D eigenvalue weighted by atomic mass is 10.1. The topological polar surface area (TPSA) is 283 Å². The second-order valence-corrected chi connectivity index (χ2v) is 19.7. The van der Waals surface area contributed by atoms with Gasteiger partial charge in [-0.25, -0.2) is 13.9 Å². The summed E-state index contributed by atoms with van der Waals surface area (Å²) in [6, 6.07) is 1.24. The molecule has 1 aromatic heterocycles. The average molecular weight is 1040 g/mol. The van der Waals surface area contributed by atoms with E-state index in [0.717, 1.165) is 81.4 Å². The number of anilines is 1. The molecule has 19 nitrogen and oxygen atoms in total. The molecule has 7 atom stereocenters. The molecule has 2 rings (SSSR count). The summed E-state index contributed by atoms with van der Waals surface area (Å²) in [4.78, 5) is 73.6. The van der Waals surface area contributed by atoms with Crippen molar-refractivity contribution < 1.29 is 71.1 Å². The van der Waals surface area contributed by atoms with Gasteiger partial charge in [0.05, 0.1) is 13.2 Å². The first-order valence-corrected chi connectivity index (χ1v) is 27.5. The number of esters is 2. The number of hydrogen-bond donors (Lipinski definition) is 5. The van der Waals surface area contributed by atoms with Gasteiger partial charge in [-0.2, -0.15) is 9.29 Å². The summed E-state index contributed by atoms with van der Waals surface area (Å²) in [5.74, 6) is -1.31. The van der Waals surface area contributed by atoms with Gasteiger partial charge in [-0.1, -0.05) is 125 Å². The molecule has 0 spiro atoms. The van der Waals surface area contributed by atoms with Crippen LogP contribution in [0.4, 0.5) is 5.82 Å². The van der Waals surface area contributed by atoms with Crippen molar-refractivity contribution in [1.82, 2.24) is 9.55 Å². The van der Waals surface area contributed by atoms with E-state index in [1.807, 2.05) is 36.5 Å². The summed E-state index contributed by atoms with van der Waals surface area (Å²) in [6.45, 7) is 1.78. The molecule has 71 heavy (non-hydrogen) atoms. The van der Waals surface area contributed by atoms with Crippen LogP contribution < -0.4 is 11.4 Å². The minimum Gasteiger partial charge on any atom is -0.462 e. The van der Waals surface area contributed by atoms with E-state index < -0.39 is 83.7 Å². The van der Waals surface area contributed by atoms with Crippen LogP contribution in [0.25, 0.3) is 0 Å². The van der Waals surface area contributed by atoms with Crippen molar-refractivity contribution in [1.29, 1.82) is 0 Å². The lowest BCUT2D eigenvalue weighted by Crippen LogP contribution is -2.36. The molecular weight excluding hydrogens is 961 g/mol. The summed E-state index contributed by atoms with van der Waals surface area (Å²) in [5, 5.41) is 20.9. The fourth-order valence-electron chi connectivity index (χ4n) is 6.63. The van der Waals surface area contributed by atoms with Gasteiger partial charge in [0.25, 0.3) is 0 Å². The van der Waals surface area contributed by atoms with E-state index in [4.69, 9.17) is 29.0 Å². The molecule has 1 aromatic rings. The van der Waals surface area contributed by atoms with Crippen molar-refractivity contribution in [2.75, 3.05) is 25.6 Å². The predicted molar refractivity (Wildman–Crippen MR) is 270 cm³/mol. The number of carbonyl (C=O) groups excluding carboxylic acids is 3. The van der Waals surface area contributed by atoms with Crippen LogP contribution in [0.2, 0.25) is 0 Å². The van der Waals surface area contributed by atoms with Gasteiger partial charge in [-0.15, -0.1) is 0 Å². The Hall–Kier alpha value is -4.39. The molecule has 0 bridgehead atoms. The molecule has 0 saturated carbocycles. The molecule has 1 aliphatic heterocycles. The molecule has 1 saturated heterocycles. The third-order valence-corrected chi connectivity index (χ3v) is 13.0. The predicted octanol–water partition coefficient (Wildman–Crippen LogP) is 9.06. The quantitative estimate of drug-likeness (QED) is 0.0103. The van der Waals surface area contributed by atoms with Gasteiger partial charge in [-0.3, -0.25) is 28.0 Å². The molecule has 1 fully saturated rings. The Morgan fingerprint density at radius 3 is 2.00 bits per heavy atom. The third-order valence-electron chi connectivity index (χ3n) is 10.4. The normalized spacial score (nSPS) is 19.8. The van der Waals surface area contributed by atoms with E-state index in [-0.39, 0.29) is 24.4 Å². The molecule has 398 valence electrons. The smallest absolute Gasteiger partial charge is 0.462 e. The number of aliphatic hydroxyl groups excluding tert-OH is 2. The molecule has 0 radical (unpaired) electrons. The Bertz CT molecular complexity index is 2080. The van der Waals surface area contributed by atoms with Crippen LogP contribution in [0.5, 0.6) is 0 Å². The highest BCUT2D eigenvalue weighted by molar-refractivity contribution is 7.61. The maximum Gasteiger partial charge on any atom is 0.481 e. The largest absolute Gasteiger partial charge is 0.481 e. The number of hydrogen-bond acceptors (Lipinski definition) is 16. The van der Waals surface area contributed by atoms with Crippen molar-refractivity contribution in [3.05, 3.63) is 108 Å². The first-order chi connectivity index (χ1) is 34.1. The molecule has 0 aliphatic carbocycles. The maximum atomic E-state index is 12.8. The number of nitrogens with two attached hydrogens (primary N) is 1. The highest BCUT2D eigenvalue weighted by Gasteiger charge is 2.46. The minimum atomic E-state index is -5.45. The lowest BCUT2D eigenvalue weighted by molar-refractivity contribution is -0.161. The molecule has 2 heterocycles. The zero-order valence-corrected chi connectivity index (χ0v) is 43.0.